The zero-order valence-corrected chi connectivity index (χ0v) is 21.2. The van der Waals surface area contributed by atoms with Gasteiger partial charge >= 0.3 is 5.97 Å². The molecule has 0 N–H and O–H groups in total. The molecule has 2 heterocycles. The Balaban J connectivity index is 2.45. The zero-order chi connectivity index (χ0) is 22.0. The number of β-lactam (4-membered cyclic amide) rings is 1. The lowest BCUT2D eigenvalue weighted by molar-refractivity contribution is -0.188. The van der Waals surface area contributed by atoms with Crippen LogP contribution in [0, 0.1) is 11.3 Å². The lowest BCUT2D eigenvalue weighted by Gasteiger charge is -2.55. The minimum atomic E-state index is -1.48. The average molecular weight is 432 g/mol. The molecule has 6 nitrogen and oxygen atoms in total. The molecule has 162 valence electrons. The van der Waals surface area contributed by atoms with Gasteiger partial charge < -0.3 is 13.7 Å². The molecule has 28 heavy (non-hydrogen) atoms. The fraction of sp³-hybridized carbons (Fsp3) is 0.900. The highest BCUT2D eigenvalue weighted by atomic mass is 32.2. The first-order valence-electron chi connectivity index (χ1n) is 10.00. The largest absolute Gasteiger partial charge is 0.614 e. The lowest BCUT2D eigenvalue weighted by atomic mass is 9.66. The molecule has 2 fully saturated rings. The van der Waals surface area contributed by atoms with Gasteiger partial charge in [0, 0.05) is 0 Å². The molecule has 0 aromatic rings. The number of nitrogens with zero attached hydrogens (tertiary/aromatic N) is 1. The predicted octanol–water partition coefficient (Wildman–Crippen LogP) is 2.83. The molecule has 2 aliphatic heterocycles. The highest BCUT2D eigenvalue weighted by Gasteiger charge is 2.77. The van der Waals surface area contributed by atoms with E-state index in [9.17, 15) is 14.1 Å². The normalized spacial score (nSPS) is 32.0. The van der Waals surface area contributed by atoms with Gasteiger partial charge in [0.05, 0.1) is 5.60 Å². The maximum atomic E-state index is 13.4. The van der Waals surface area contributed by atoms with Gasteiger partial charge in [-0.25, -0.2) is 4.79 Å². The number of ether oxygens (including phenoxy) is 1. The van der Waals surface area contributed by atoms with Crippen LogP contribution in [0.4, 0.5) is 0 Å². The van der Waals surface area contributed by atoms with Crippen LogP contribution >= 0.6 is 0 Å². The van der Waals surface area contributed by atoms with Crippen LogP contribution in [0.5, 0.6) is 0 Å². The molecule has 0 spiro atoms. The maximum Gasteiger partial charge on any atom is 0.335 e. The van der Waals surface area contributed by atoms with Crippen molar-refractivity contribution in [2.75, 3.05) is 0 Å². The zero-order valence-electron chi connectivity index (χ0n) is 19.2. The first-order valence-corrected chi connectivity index (χ1v) is 14.0. The minimum Gasteiger partial charge on any atom is -0.614 e. The predicted molar refractivity (Wildman–Crippen MR) is 114 cm³/mol. The summed E-state index contributed by atoms with van der Waals surface area (Å²) in [7, 11) is -1.48. The standard InChI is InChI=1S/C20H37NO5SSi/c1-17(2,3)20(9,26-28(10)11)12-14(22)21-13(16(23)25-18(4,5)6)19(7,8)27(24)15(12)21/h12-13,15,28H,1-11H3/t12?,13-,15+,20?,27?/m0/s1. The highest BCUT2D eigenvalue weighted by molar-refractivity contribution is 7.93. The molecule has 0 radical (unpaired) electrons. The van der Waals surface area contributed by atoms with Crippen LogP contribution in [0.15, 0.2) is 0 Å². The average Bonchev–Trinajstić information content (AvgIpc) is 2.61. The number of fused-ring (bicyclic) bond motifs is 1. The molecule has 0 bridgehead atoms. The quantitative estimate of drug-likeness (QED) is 0.296. The fourth-order valence-electron chi connectivity index (χ4n) is 4.21. The third-order valence-electron chi connectivity index (χ3n) is 5.95. The summed E-state index contributed by atoms with van der Waals surface area (Å²) in [6.07, 6.45) is 0. The van der Waals surface area contributed by atoms with Gasteiger partial charge in [-0.2, -0.15) is 0 Å². The molecule has 0 aromatic carbocycles. The molecule has 1 amide bonds. The van der Waals surface area contributed by atoms with Crippen LogP contribution in [0.25, 0.3) is 0 Å². The second-order valence-corrected chi connectivity index (χ2v) is 15.4. The monoisotopic (exact) mass is 431 g/mol. The van der Waals surface area contributed by atoms with Crippen molar-refractivity contribution in [1.29, 1.82) is 0 Å². The highest BCUT2D eigenvalue weighted by Crippen LogP contribution is 2.56. The smallest absolute Gasteiger partial charge is 0.335 e. The summed E-state index contributed by atoms with van der Waals surface area (Å²) in [4.78, 5) is 27.8. The Morgan fingerprint density at radius 3 is 2.04 bits per heavy atom. The van der Waals surface area contributed by atoms with E-state index in [4.69, 9.17) is 9.16 Å². The number of esters is 1. The maximum absolute atomic E-state index is 13.4. The van der Waals surface area contributed by atoms with E-state index in [-0.39, 0.29) is 11.3 Å². The number of amides is 1. The fourth-order valence-corrected chi connectivity index (χ4v) is 7.80. The van der Waals surface area contributed by atoms with Crippen molar-refractivity contribution in [3.63, 3.8) is 0 Å². The van der Waals surface area contributed by atoms with Crippen molar-refractivity contribution in [3.05, 3.63) is 0 Å². The van der Waals surface area contributed by atoms with E-state index in [1.54, 1.807) is 34.6 Å². The first-order chi connectivity index (χ1) is 12.4. The summed E-state index contributed by atoms with van der Waals surface area (Å²) in [5, 5.41) is -0.531. The van der Waals surface area contributed by atoms with E-state index in [1.807, 2.05) is 27.7 Å². The van der Waals surface area contributed by atoms with E-state index in [0.29, 0.717) is 0 Å². The Labute approximate surface area is 174 Å². The third-order valence-corrected chi connectivity index (χ3v) is 9.11. The third kappa shape index (κ3) is 3.66. The Morgan fingerprint density at radius 1 is 1.14 bits per heavy atom. The Bertz CT molecular complexity index is 654. The first kappa shape index (κ1) is 23.7. The summed E-state index contributed by atoms with van der Waals surface area (Å²) in [6.45, 7) is 21.2. The number of hydrogen-bond donors (Lipinski definition) is 0. The number of rotatable bonds is 4. The van der Waals surface area contributed by atoms with Crippen LogP contribution in [0.2, 0.25) is 13.1 Å². The van der Waals surface area contributed by atoms with E-state index in [1.165, 1.54) is 4.90 Å². The molecule has 5 atom stereocenters. The van der Waals surface area contributed by atoms with Crippen LogP contribution < -0.4 is 0 Å². The summed E-state index contributed by atoms with van der Waals surface area (Å²) < 4.78 is 24.6. The van der Waals surface area contributed by atoms with Crippen molar-refractivity contribution >= 4 is 32.1 Å². The molecular weight excluding hydrogens is 394 g/mol. The summed E-state index contributed by atoms with van der Waals surface area (Å²) in [5.74, 6) is -1.18. The van der Waals surface area contributed by atoms with Gasteiger partial charge in [0.2, 0.25) is 11.3 Å². The molecule has 2 saturated heterocycles. The molecule has 8 heteroatoms. The SMILES string of the molecule is C[SiH](C)OC(C)(C1C(=O)N2[C@@H]1[S+]([O-])C(C)(C)[C@@H]2C(=O)OC(C)(C)C)C(C)(C)C. The van der Waals surface area contributed by atoms with Crippen LogP contribution in [-0.4, -0.2) is 57.7 Å². The van der Waals surface area contributed by atoms with Gasteiger partial charge in [0.15, 0.2) is 19.8 Å². The van der Waals surface area contributed by atoms with Crippen molar-refractivity contribution in [2.24, 2.45) is 11.3 Å². The van der Waals surface area contributed by atoms with E-state index >= 15 is 0 Å². The molecule has 0 aromatic heterocycles. The van der Waals surface area contributed by atoms with Gasteiger partial charge in [-0.05, 0) is 71.2 Å². The number of carbonyl (C=O) groups excluding carboxylic acids is 2. The van der Waals surface area contributed by atoms with E-state index in [0.717, 1.165) is 0 Å². The van der Waals surface area contributed by atoms with Gasteiger partial charge in [0.25, 0.3) is 0 Å². The van der Waals surface area contributed by atoms with Crippen LogP contribution in [0.3, 0.4) is 0 Å². The minimum absolute atomic E-state index is 0.160. The van der Waals surface area contributed by atoms with Crippen molar-refractivity contribution in [1.82, 2.24) is 4.90 Å². The van der Waals surface area contributed by atoms with E-state index in [2.05, 4.69) is 13.1 Å². The summed E-state index contributed by atoms with van der Waals surface area (Å²) in [6, 6.07) is -0.846. The van der Waals surface area contributed by atoms with Crippen LogP contribution in [-0.2, 0) is 29.9 Å². The second-order valence-electron chi connectivity index (χ2n) is 11.0. The lowest BCUT2D eigenvalue weighted by Crippen LogP contribution is -2.72. The molecule has 3 unspecified atom stereocenters. The Hall–Kier alpha value is -0.573. The molecule has 2 aliphatic rings. The van der Waals surface area contributed by atoms with Gasteiger partial charge in [-0.3, -0.25) is 9.69 Å². The second kappa shape index (κ2) is 6.99. The van der Waals surface area contributed by atoms with Crippen molar-refractivity contribution < 1.29 is 23.3 Å². The van der Waals surface area contributed by atoms with Gasteiger partial charge in [-0.15, -0.1) is 0 Å². The van der Waals surface area contributed by atoms with Crippen molar-refractivity contribution in [2.45, 2.75) is 103 Å². The topological polar surface area (TPSA) is 78.9 Å². The Kier molecular flexibility index (Phi) is 5.92. The van der Waals surface area contributed by atoms with E-state index < -0.39 is 59.5 Å². The van der Waals surface area contributed by atoms with Crippen LogP contribution in [0.1, 0.15) is 62.3 Å². The summed E-state index contributed by atoms with van der Waals surface area (Å²) >= 11 is -1.41. The van der Waals surface area contributed by atoms with Gasteiger partial charge in [0.1, 0.15) is 11.5 Å². The molecule has 0 saturated carbocycles. The molecule has 0 aliphatic carbocycles. The number of carbonyl (C=O) groups is 2. The van der Waals surface area contributed by atoms with Crippen molar-refractivity contribution in [3.8, 4) is 0 Å². The Morgan fingerprint density at radius 2 is 1.64 bits per heavy atom. The molecular formula is C20H37NO5SSi. The molecule has 2 rings (SSSR count). The van der Waals surface area contributed by atoms with Gasteiger partial charge in [-0.1, -0.05) is 20.8 Å². The summed E-state index contributed by atoms with van der Waals surface area (Å²) in [5.41, 5.74) is -1.75. The number of hydrogen-bond acceptors (Lipinski definition) is 5.